The highest BCUT2D eigenvalue weighted by Crippen LogP contribution is 2.04. The summed E-state index contributed by atoms with van der Waals surface area (Å²) in [4.78, 5) is 10.7. The van der Waals surface area contributed by atoms with Crippen LogP contribution in [-0.4, -0.2) is 41.2 Å². The fourth-order valence-electron chi connectivity index (χ4n) is 1.58. The van der Waals surface area contributed by atoms with Crippen LogP contribution in [0.3, 0.4) is 0 Å². The maximum Gasteiger partial charge on any atom is 0.115 e. The van der Waals surface area contributed by atoms with Gasteiger partial charge in [-0.2, -0.15) is 0 Å². The third kappa shape index (κ3) is 4.24. The van der Waals surface area contributed by atoms with Gasteiger partial charge in [0.15, 0.2) is 0 Å². The van der Waals surface area contributed by atoms with Crippen molar-refractivity contribution < 1.29 is 4.74 Å². The maximum absolute atomic E-state index is 5.29. The number of aromatic nitrogens is 2. The molecule has 1 saturated heterocycles. The monoisotopic (exact) mass is 223 g/mol. The number of nitrogens with zero attached hydrogens (tertiary/aromatic N) is 3. The predicted molar refractivity (Wildman–Crippen MR) is 64.2 cm³/mol. The Morgan fingerprint density at radius 3 is 2.56 bits per heavy atom. The van der Waals surface area contributed by atoms with Crippen LogP contribution in [0.4, 0.5) is 0 Å². The average Bonchev–Trinajstić information content (AvgIpc) is 2.33. The summed E-state index contributed by atoms with van der Waals surface area (Å²) in [6, 6.07) is 2.04. The maximum atomic E-state index is 5.29. The molecule has 1 aliphatic rings. The van der Waals surface area contributed by atoms with Crippen molar-refractivity contribution in [2.45, 2.75) is 27.3 Å². The van der Waals surface area contributed by atoms with E-state index < -0.39 is 0 Å². The van der Waals surface area contributed by atoms with Gasteiger partial charge in [-0.25, -0.2) is 9.97 Å². The van der Waals surface area contributed by atoms with Gasteiger partial charge in [-0.15, -0.1) is 0 Å². The zero-order valence-electron chi connectivity index (χ0n) is 10.4. The Morgan fingerprint density at radius 1 is 1.25 bits per heavy atom. The Labute approximate surface area is 97.7 Å². The Morgan fingerprint density at radius 2 is 1.94 bits per heavy atom. The van der Waals surface area contributed by atoms with Crippen molar-refractivity contribution in [1.29, 1.82) is 0 Å². The van der Waals surface area contributed by atoms with Crippen LogP contribution in [0.5, 0.6) is 0 Å². The van der Waals surface area contributed by atoms with Crippen LogP contribution in [0.15, 0.2) is 12.4 Å². The van der Waals surface area contributed by atoms with E-state index in [2.05, 4.69) is 14.9 Å². The first-order chi connectivity index (χ1) is 7.84. The van der Waals surface area contributed by atoms with Crippen LogP contribution in [-0.2, 0) is 11.3 Å². The van der Waals surface area contributed by atoms with Crippen LogP contribution in [0.2, 0.25) is 0 Å². The molecule has 90 valence electrons. The SMILES string of the molecule is CC.Cc1cc(CN2CCOCC2)ncn1. The molecule has 0 N–H and O–H groups in total. The summed E-state index contributed by atoms with van der Waals surface area (Å²) in [6.45, 7) is 10.6. The van der Waals surface area contributed by atoms with Crippen LogP contribution in [0, 0.1) is 6.92 Å². The lowest BCUT2D eigenvalue weighted by atomic mass is 10.3. The van der Waals surface area contributed by atoms with Crippen LogP contribution >= 0.6 is 0 Å². The van der Waals surface area contributed by atoms with Gasteiger partial charge in [0.25, 0.3) is 0 Å². The molecule has 1 aromatic heterocycles. The molecule has 2 heterocycles. The summed E-state index contributed by atoms with van der Waals surface area (Å²) < 4.78 is 5.29. The van der Waals surface area contributed by atoms with Gasteiger partial charge < -0.3 is 4.74 Å². The van der Waals surface area contributed by atoms with Crippen molar-refractivity contribution in [1.82, 2.24) is 14.9 Å². The first-order valence-electron chi connectivity index (χ1n) is 5.92. The Bertz CT molecular complexity index is 298. The minimum absolute atomic E-state index is 0.837. The summed E-state index contributed by atoms with van der Waals surface area (Å²) in [5.74, 6) is 0. The van der Waals surface area contributed by atoms with Crippen molar-refractivity contribution in [3.63, 3.8) is 0 Å². The fourth-order valence-corrected chi connectivity index (χ4v) is 1.58. The van der Waals surface area contributed by atoms with Crippen molar-refractivity contribution in [3.05, 3.63) is 23.8 Å². The van der Waals surface area contributed by atoms with Gasteiger partial charge in [-0.05, 0) is 13.0 Å². The molecule has 2 rings (SSSR count). The normalized spacial score (nSPS) is 16.4. The van der Waals surface area contributed by atoms with Gasteiger partial charge in [0, 0.05) is 25.3 Å². The van der Waals surface area contributed by atoms with Gasteiger partial charge in [-0.1, -0.05) is 13.8 Å². The molecule has 4 heteroatoms. The third-order valence-electron chi connectivity index (χ3n) is 2.35. The van der Waals surface area contributed by atoms with Gasteiger partial charge in [0.2, 0.25) is 0 Å². The summed E-state index contributed by atoms with van der Waals surface area (Å²) in [5, 5.41) is 0. The molecule has 0 aliphatic carbocycles. The van der Waals surface area contributed by atoms with E-state index in [9.17, 15) is 0 Å². The molecule has 0 bridgehead atoms. The van der Waals surface area contributed by atoms with E-state index in [1.54, 1.807) is 6.33 Å². The van der Waals surface area contributed by atoms with Crippen LogP contribution in [0.1, 0.15) is 25.2 Å². The van der Waals surface area contributed by atoms with Crippen LogP contribution in [0.25, 0.3) is 0 Å². The standard InChI is InChI=1S/C10H15N3O.C2H6/c1-9-6-10(12-8-11-9)7-13-2-4-14-5-3-13;1-2/h6,8H,2-5,7H2,1H3;1-2H3. The molecule has 0 amide bonds. The number of ether oxygens (including phenoxy) is 1. The third-order valence-corrected chi connectivity index (χ3v) is 2.35. The van der Waals surface area contributed by atoms with E-state index in [0.717, 1.165) is 44.2 Å². The molecule has 0 aromatic carbocycles. The Hall–Kier alpha value is -1.00. The highest BCUT2D eigenvalue weighted by molar-refractivity contribution is 5.06. The molecule has 0 atom stereocenters. The van der Waals surface area contributed by atoms with Crippen molar-refractivity contribution in [2.75, 3.05) is 26.3 Å². The number of aryl methyl sites for hydroxylation is 1. The lowest BCUT2D eigenvalue weighted by Crippen LogP contribution is -2.35. The molecule has 16 heavy (non-hydrogen) atoms. The number of hydrogen-bond acceptors (Lipinski definition) is 4. The fraction of sp³-hybridized carbons (Fsp3) is 0.667. The summed E-state index contributed by atoms with van der Waals surface area (Å²) >= 11 is 0. The van der Waals surface area contributed by atoms with E-state index in [1.807, 2.05) is 26.8 Å². The summed E-state index contributed by atoms with van der Waals surface area (Å²) in [6.07, 6.45) is 1.63. The first-order valence-corrected chi connectivity index (χ1v) is 5.92. The number of rotatable bonds is 2. The summed E-state index contributed by atoms with van der Waals surface area (Å²) in [5.41, 5.74) is 2.13. The zero-order valence-corrected chi connectivity index (χ0v) is 10.4. The molecule has 0 radical (unpaired) electrons. The smallest absolute Gasteiger partial charge is 0.115 e. The highest BCUT2D eigenvalue weighted by Gasteiger charge is 2.10. The molecular weight excluding hydrogens is 202 g/mol. The van der Waals surface area contributed by atoms with Gasteiger partial charge in [-0.3, -0.25) is 4.90 Å². The topological polar surface area (TPSA) is 38.2 Å². The second-order valence-electron chi connectivity index (χ2n) is 3.54. The van der Waals surface area contributed by atoms with Crippen molar-refractivity contribution in [2.24, 2.45) is 0 Å². The Balaban J connectivity index is 0.000000606. The Kier molecular flexibility index (Phi) is 5.96. The lowest BCUT2D eigenvalue weighted by Gasteiger charge is -2.26. The number of morpholine rings is 1. The summed E-state index contributed by atoms with van der Waals surface area (Å²) in [7, 11) is 0. The second-order valence-corrected chi connectivity index (χ2v) is 3.54. The molecule has 4 nitrogen and oxygen atoms in total. The largest absolute Gasteiger partial charge is 0.379 e. The lowest BCUT2D eigenvalue weighted by molar-refractivity contribution is 0.0336. The minimum Gasteiger partial charge on any atom is -0.379 e. The molecule has 1 fully saturated rings. The number of hydrogen-bond donors (Lipinski definition) is 0. The molecule has 0 saturated carbocycles. The molecule has 0 spiro atoms. The average molecular weight is 223 g/mol. The predicted octanol–water partition coefficient (Wildman–Crippen LogP) is 1.64. The van der Waals surface area contributed by atoms with Gasteiger partial charge in [0.05, 0.1) is 18.9 Å². The molecule has 1 aromatic rings. The van der Waals surface area contributed by atoms with Crippen LogP contribution < -0.4 is 0 Å². The molecular formula is C12H21N3O. The molecule has 0 unspecified atom stereocenters. The van der Waals surface area contributed by atoms with E-state index in [0.29, 0.717) is 0 Å². The van der Waals surface area contributed by atoms with Crippen molar-refractivity contribution >= 4 is 0 Å². The quantitative estimate of drug-likeness (QED) is 0.764. The van der Waals surface area contributed by atoms with Gasteiger partial charge >= 0.3 is 0 Å². The van der Waals surface area contributed by atoms with E-state index in [4.69, 9.17) is 4.74 Å². The second kappa shape index (κ2) is 7.30. The highest BCUT2D eigenvalue weighted by atomic mass is 16.5. The van der Waals surface area contributed by atoms with Gasteiger partial charge in [0.1, 0.15) is 6.33 Å². The van der Waals surface area contributed by atoms with E-state index in [1.165, 1.54) is 0 Å². The van der Waals surface area contributed by atoms with E-state index in [-0.39, 0.29) is 0 Å². The minimum atomic E-state index is 0.837. The first kappa shape index (κ1) is 13.1. The molecule has 1 aliphatic heterocycles. The van der Waals surface area contributed by atoms with Crippen molar-refractivity contribution in [3.8, 4) is 0 Å². The van der Waals surface area contributed by atoms with E-state index >= 15 is 0 Å². The zero-order chi connectivity index (χ0) is 11.8.